The first kappa shape index (κ1) is 16.5. The average molecular weight is 347 g/mol. The molecule has 2 heterocycles. The van der Waals surface area contributed by atoms with Gasteiger partial charge in [-0.05, 0) is 19.1 Å². The van der Waals surface area contributed by atoms with Crippen LogP contribution in [-0.4, -0.2) is 53.0 Å². The lowest BCUT2D eigenvalue weighted by molar-refractivity contribution is -0.384. The van der Waals surface area contributed by atoms with Crippen molar-refractivity contribution < 1.29 is 24.0 Å². The zero-order valence-electron chi connectivity index (χ0n) is 13.1. The zero-order valence-corrected chi connectivity index (χ0v) is 13.1. The molecule has 1 aromatic rings. The Morgan fingerprint density at radius 3 is 2.56 bits per heavy atom. The fourth-order valence-electron chi connectivity index (χ4n) is 2.67. The van der Waals surface area contributed by atoms with Crippen molar-refractivity contribution in [3.05, 3.63) is 34.4 Å². The molecule has 0 radical (unpaired) electrons. The van der Waals surface area contributed by atoms with Gasteiger partial charge in [0.1, 0.15) is 6.54 Å². The minimum atomic E-state index is -1.04. The highest BCUT2D eigenvalue weighted by atomic mass is 16.6. The number of fused-ring (bicyclic) bond motifs is 1. The van der Waals surface area contributed by atoms with Crippen LogP contribution in [0.1, 0.15) is 6.92 Å². The maximum absolute atomic E-state index is 12.6. The number of hydrogen-bond donors (Lipinski definition) is 0. The average Bonchev–Trinajstić information content (AvgIpc) is 3.08. The third kappa shape index (κ3) is 2.79. The van der Waals surface area contributed by atoms with E-state index in [1.807, 2.05) is 0 Å². The first-order valence-corrected chi connectivity index (χ1v) is 7.39. The maximum atomic E-state index is 12.6. The number of carbonyl (C=O) groups excluding carboxylic acids is 3. The monoisotopic (exact) mass is 347 g/mol. The normalized spacial score (nSPS) is 21.6. The molecule has 130 valence electrons. The van der Waals surface area contributed by atoms with Crippen molar-refractivity contribution in [2.75, 3.05) is 18.1 Å². The van der Waals surface area contributed by atoms with Crippen LogP contribution in [0.2, 0.25) is 0 Å². The molecule has 2 atom stereocenters. The number of benzene rings is 1. The minimum absolute atomic E-state index is 0.160. The van der Waals surface area contributed by atoms with Crippen LogP contribution in [0.5, 0.6) is 0 Å². The van der Waals surface area contributed by atoms with E-state index in [2.05, 4.69) is 10.3 Å². The highest BCUT2D eigenvalue weighted by molar-refractivity contribution is 6.25. The number of non-ortho nitro benzene ring substituents is 1. The quantitative estimate of drug-likeness (QED) is 0.326. The van der Waals surface area contributed by atoms with E-state index < -0.39 is 34.8 Å². The van der Waals surface area contributed by atoms with Gasteiger partial charge in [-0.2, -0.15) is 5.11 Å². The highest BCUT2D eigenvalue weighted by Gasteiger charge is 2.55. The Bertz CT molecular complexity index is 776. The molecule has 0 saturated carbocycles. The molecule has 0 bridgehead atoms. The molecule has 1 saturated heterocycles. The molecular formula is C14H13N5O6. The fourth-order valence-corrected chi connectivity index (χ4v) is 2.67. The molecule has 0 spiro atoms. The lowest BCUT2D eigenvalue weighted by Gasteiger charge is -2.19. The molecule has 0 N–H and O–H groups in total. The summed E-state index contributed by atoms with van der Waals surface area (Å²) in [6, 6.07) is 2.94. The molecule has 11 heteroatoms. The second-order valence-corrected chi connectivity index (χ2v) is 5.28. The van der Waals surface area contributed by atoms with Crippen LogP contribution < -0.4 is 4.90 Å². The summed E-state index contributed by atoms with van der Waals surface area (Å²) >= 11 is 0. The largest absolute Gasteiger partial charge is 0.465 e. The molecule has 0 unspecified atom stereocenters. The lowest BCUT2D eigenvalue weighted by atomic mass is 10.2. The first-order valence-electron chi connectivity index (χ1n) is 7.39. The number of rotatable bonds is 5. The number of carbonyl (C=O) groups is 3. The number of imide groups is 1. The van der Waals surface area contributed by atoms with Crippen molar-refractivity contribution in [2.45, 2.75) is 19.0 Å². The van der Waals surface area contributed by atoms with Crippen molar-refractivity contribution in [2.24, 2.45) is 10.3 Å². The van der Waals surface area contributed by atoms with E-state index in [1.54, 1.807) is 6.92 Å². The van der Waals surface area contributed by atoms with Crippen LogP contribution in [0.4, 0.5) is 11.4 Å². The number of ether oxygens (including phenoxy) is 1. The second-order valence-electron chi connectivity index (χ2n) is 5.28. The summed E-state index contributed by atoms with van der Waals surface area (Å²) in [5.41, 5.74) is 0.0351. The SMILES string of the molecule is CCOC(=O)CN1N=N[C@H]2C(=O)N(c3ccc([N+](=O)[O-])cc3)C(=O)[C@H]21. The standard InChI is InChI=1S/C14H13N5O6/c1-2-25-10(20)7-17-12-11(15-16-17)13(21)18(14(12)22)8-3-5-9(6-4-8)19(23)24/h3-6,11-12H,2,7H2,1H3/t11-,12+/m1/s1. The summed E-state index contributed by atoms with van der Waals surface area (Å²) in [4.78, 5) is 47.7. The van der Waals surface area contributed by atoms with Crippen molar-refractivity contribution in [1.82, 2.24) is 5.01 Å². The van der Waals surface area contributed by atoms with E-state index in [1.165, 1.54) is 24.3 Å². The van der Waals surface area contributed by atoms with E-state index in [9.17, 15) is 24.5 Å². The van der Waals surface area contributed by atoms with E-state index in [0.29, 0.717) is 0 Å². The summed E-state index contributed by atoms with van der Waals surface area (Å²) in [6.45, 7) is 1.53. The van der Waals surface area contributed by atoms with E-state index in [0.717, 1.165) is 9.91 Å². The number of nitro groups is 1. The molecule has 1 fully saturated rings. The summed E-state index contributed by atoms with van der Waals surface area (Å²) in [6.07, 6.45) is 0. The number of hydrogen-bond acceptors (Lipinski definition) is 9. The van der Waals surface area contributed by atoms with Crippen molar-refractivity contribution in [3.63, 3.8) is 0 Å². The third-order valence-corrected chi connectivity index (χ3v) is 3.77. The highest BCUT2D eigenvalue weighted by Crippen LogP contribution is 2.32. The summed E-state index contributed by atoms with van der Waals surface area (Å²) < 4.78 is 4.81. The van der Waals surface area contributed by atoms with Crippen LogP contribution in [-0.2, 0) is 19.1 Å². The Hall–Kier alpha value is -3.37. The van der Waals surface area contributed by atoms with Gasteiger partial charge in [0.2, 0.25) is 0 Å². The van der Waals surface area contributed by atoms with Crippen LogP contribution in [0.15, 0.2) is 34.6 Å². The third-order valence-electron chi connectivity index (χ3n) is 3.77. The molecule has 1 aromatic carbocycles. The molecule has 2 amide bonds. The molecule has 0 aliphatic carbocycles. The molecule has 25 heavy (non-hydrogen) atoms. The molecule has 11 nitrogen and oxygen atoms in total. The smallest absolute Gasteiger partial charge is 0.327 e. The van der Waals surface area contributed by atoms with Crippen molar-refractivity contribution >= 4 is 29.2 Å². The summed E-state index contributed by atoms with van der Waals surface area (Å²) in [5.74, 6) is -1.78. The topological polar surface area (TPSA) is 135 Å². The number of esters is 1. The summed E-state index contributed by atoms with van der Waals surface area (Å²) in [5, 5.41) is 19.3. The molecule has 2 aliphatic heterocycles. The predicted octanol–water partition coefficient (Wildman–Crippen LogP) is 0.451. The van der Waals surface area contributed by atoms with Gasteiger partial charge in [0.15, 0.2) is 12.1 Å². The van der Waals surface area contributed by atoms with E-state index >= 15 is 0 Å². The van der Waals surface area contributed by atoms with Crippen molar-refractivity contribution in [1.29, 1.82) is 0 Å². The van der Waals surface area contributed by atoms with Crippen LogP contribution in [0, 0.1) is 10.1 Å². The Kier molecular flexibility index (Phi) is 4.13. The van der Waals surface area contributed by atoms with Gasteiger partial charge in [0.25, 0.3) is 17.5 Å². The number of anilines is 1. The Morgan fingerprint density at radius 2 is 1.96 bits per heavy atom. The van der Waals surface area contributed by atoms with Gasteiger partial charge in [-0.1, -0.05) is 5.22 Å². The second kappa shape index (κ2) is 6.26. The van der Waals surface area contributed by atoms with Gasteiger partial charge < -0.3 is 4.74 Å². The van der Waals surface area contributed by atoms with Crippen LogP contribution in [0.25, 0.3) is 0 Å². The van der Waals surface area contributed by atoms with Crippen LogP contribution >= 0.6 is 0 Å². The predicted molar refractivity (Wildman–Crippen MR) is 81.4 cm³/mol. The Balaban J connectivity index is 1.82. The fraction of sp³-hybridized carbons (Fsp3) is 0.357. The van der Waals surface area contributed by atoms with Gasteiger partial charge in [-0.15, -0.1) is 0 Å². The molecule has 0 aromatic heterocycles. The molecule has 2 aliphatic rings. The van der Waals surface area contributed by atoms with Gasteiger partial charge in [0, 0.05) is 12.1 Å². The Morgan fingerprint density at radius 1 is 1.28 bits per heavy atom. The van der Waals surface area contributed by atoms with Crippen LogP contribution in [0.3, 0.4) is 0 Å². The zero-order chi connectivity index (χ0) is 18.1. The Labute approximate surface area is 141 Å². The van der Waals surface area contributed by atoms with Crippen molar-refractivity contribution in [3.8, 4) is 0 Å². The van der Waals surface area contributed by atoms with E-state index in [4.69, 9.17) is 4.74 Å². The number of nitrogens with zero attached hydrogens (tertiary/aromatic N) is 5. The maximum Gasteiger partial charge on any atom is 0.327 e. The van der Waals surface area contributed by atoms with Gasteiger partial charge in [0.05, 0.1) is 17.2 Å². The first-order chi connectivity index (χ1) is 11.9. The van der Waals surface area contributed by atoms with E-state index in [-0.39, 0.29) is 24.5 Å². The van der Waals surface area contributed by atoms with Gasteiger partial charge in [-0.3, -0.25) is 29.5 Å². The molecule has 3 rings (SSSR count). The minimum Gasteiger partial charge on any atom is -0.465 e. The summed E-state index contributed by atoms with van der Waals surface area (Å²) in [7, 11) is 0. The lowest BCUT2D eigenvalue weighted by Crippen LogP contribution is -2.42. The van der Waals surface area contributed by atoms with Gasteiger partial charge >= 0.3 is 5.97 Å². The number of nitro benzene ring substituents is 1. The number of amides is 2. The van der Waals surface area contributed by atoms with Gasteiger partial charge in [-0.25, -0.2) is 4.90 Å². The molecular weight excluding hydrogens is 334 g/mol.